The van der Waals surface area contributed by atoms with Crippen LogP contribution in [0.2, 0.25) is 0 Å². The average Bonchev–Trinajstić information content (AvgIpc) is 3.39. The van der Waals surface area contributed by atoms with Crippen LogP contribution in [-0.2, 0) is 20.8 Å². The molecule has 0 radical (unpaired) electrons. The van der Waals surface area contributed by atoms with Crippen molar-refractivity contribution in [3.05, 3.63) is 60.2 Å². The van der Waals surface area contributed by atoms with Gasteiger partial charge in [-0.1, -0.05) is 35.6 Å². The lowest BCUT2D eigenvalue weighted by Crippen LogP contribution is -2.38. The number of carbonyl (C=O) groups is 3. The molecule has 2 fully saturated rings. The summed E-state index contributed by atoms with van der Waals surface area (Å²) in [5.74, 6) is 0.306. The second-order valence-electron chi connectivity index (χ2n) is 9.33. The first-order chi connectivity index (χ1) is 17.0. The molecule has 1 saturated carbocycles. The maximum atomic E-state index is 13.1. The highest BCUT2D eigenvalue weighted by molar-refractivity contribution is 7.22. The molecule has 2 aromatic carbocycles. The zero-order valence-corrected chi connectivity index (χ0v) is 20.1. The second-order valence-corrected chi connectivity index (χ2v) is 10.4. The van der Waals surface area contributed by atoms with Gasteiger partial charge in [0.25, 0.3) is 0 Å². The van der Waals surface area contributed by atoms with Crippen molar-refractivity contribution < 1.29 is 19.1 Å². The van der Waals surface area contributed by atoms with Gasteiger partial charge in [0.2, 0.25) is 17.7 Å². The number of hydrogen-bond donors (Lipinski definition) is 1. The summed E-state index contributed by atoms with van der Waals surface area (Å²) in [5.41, 5.74) is 2.18. The van der Waals surface area contributed by atoms with Crippen LogP contribution in [0.25, 0.3) is 10.2 Å². The van der Waals surface area contributed by atoms with E-state index in [0.29, 0.717) is 17.4 Å². The van der Waals surface area contributed by atoms with E-state index in [4.69, 9.17) is 4.74 Å². The Hall–Kier alpha value is -3.52. The number of hydrogen-bond acceptors (Lipinski definition) is 6. The Balaban J connectivity index is 1.13. The van der Waals surface area contributed by atoms with Gasteiger partial charge in [-0.25, -0.2) is 4.98 Å². The number of allylic oxidation sites excluding steroid dienone is 2. The van der Waals surface area contributed by atoms with Gasteiger partial charge < -0.3 is 10.1 Å². The number of rotatable bonds is 6. The fourth-order valence-electron chi connectivity index (χ4n) is 5.66. The summed E-state index contributed by atoms with van der Waals surface area (Å²) >= 11 is 1.40. The van der Waals surface area contributed by atoms with Crippen LogP contribution < -0.4 is 15.0 Å². The van der Waals surface area contributed by atoms with Gasteiger partial charge in [0.15, 0.2) is 5.13 Å². The van der Waals surface area contributed by atoms with Gasteiger partial charge in [-0.2, -0.15) is 0 Å². The monoisotopic (exact) mass is 487 g/mol. The maximum Gasteiger partial charge on any atom is 0.238 e. The zero-order valence-electron chi connectivity index (χ0n) is 19.3. The number of ether oxygens (including phenoxy) is 1. The van der Waals surface area contributed by atoms with E-state index in [9.17, 15) is 14.4 Å². The smallest absolute Gasteiger partial charge is 0.238 e. The first-order valence-corrected chi connectivity index (χ1v) is 12.8. The molecule has 1 aromatic heterocycles. The molecule has 3 aromatic rings. The van der Waals surface area contributed by atoms with Gasteiger partial charge >= 0.3 is 0 Å². The predicted molar refractivity (Wildman–Crippen MR) is 134 cm³/mol. The minimum Gasteiger partial charge on any atom is -0.494 e. The molecule has 7 nitrogen and oxygen atoms in total. The van der Waals surface area contributed by atoms with Gasteiger partial charge in [0.05, 0.1) is 40.8 Å². The highest BCUT2D eigenvalue weighted by atomic mass is 32.1. The predicted octanol–water partition coefficient (Wildman–Crippen LogP) is 4.58. The van der Waals surface area contributed by atoms with Crippen molar-refractivity contribution in [2.45, 2.75) is 26.2 Å². The van der Waals surface area contributed by atoms with Crippen LogP contribution in [0.3, 0.4) is 0 Å². The summed E-state index contributed by atoms with van der Waals surface area (Å²) in [5, 5.41) is 3.40. The van der Waals surface area contributed by atoms with E-state index in [1.54, 1.807) is 24.3 Å². The SMILES string of the molecule is CCOc1ccc2nc(NC(=O)Cc3ccc(N4C(=O)C5C6C=CC(CC6)C5C4=O)cc3)sc2c1. The molecule has 8 heteroatoms. The molecule has 178 valence electrons. The molecular weight excluding hydrogens is 462 g/mol. The summed E-state index contributed by atoms with van der Waals surface area (Å²) in [6.45, 7) is 2.52. The Morgan fingerprint density at radius 3 is 2.37 bits per heavy atom. The van der Waals surface area contributed by atoms with Gasteiger partial charge in [-0.05, 0) is 67.5 Å². The van der Waals surface area contributed by atoms with E-state index in [1.165, 1.54) is 16.2 Å². The molecule has 3 aliphatic carbocycles. The standard InChI is InChI=1S/C27H25N3O4S/c1-2-34-19-11-12-20-21(14-19)35-27(28-20)29-22(31)13-15-3-9-18(10-4-15)30-25(32)23-16-5-6-17(8-7-16)24(23)26(30)33/h3-6,9-12,14,16-17,23-24H,2,7-8,13H2,1H3,(H,28,29,31). The number of aromatic nitrogens is 1. The first kappa shape index (κ1) is 22.0. The van der Waals surface area contributed by atoms with Crippen molar-refractivity contribution in [2.24, 2.45) is 23.7 Å². The molecule has 0 spiro atoms. The fraction of sp³-hybridized carbons (Fsp3) is 0.333. The summed E-state index contributed by atoms with van der Waals surface area (Å²) in [4.78, 5) is 44.7. The zero-order chi connectivity index (χ0) is 24.1. The third-order valence-corrected chi connectivity index (χ3v) is 8.17. The van der Waals surface area contributed by atoms with E-state index in [-0.39, 0.29) is 47.8 Å². The van der Waals surface area contributed by atoms with E-state index in [2.05, 4.69) is 22.5 Å². The largest absolute Gasteiger partial charge is 0.494 e. The van der Waals surface area contributed by atoms with Crippen molar-refractivity contribution in [3.63, 3.8) is 0 Å². The molecule has 1 aliphatic heterocycles. The minimum absolute atomic E-state index is 0.0899. The van der Waals surface area contributed by atoms with Gasteiger partial charge in [-0.3, -0.25) is 19.3 Å². The van der Waals surface area contributed by atoms with E-state index in [1.807, 2.05) is 25.1 Å². The Bertz CT molecular complexity index is 1330. The third-order valence-electron chi connectivity index (χ3n) is 7.24. The molecule has 2 bridgehead atoms. The molecule has 3 amide bonds. The van der Waals surface area contributed by atoms with E-state index >= 15 is 0 Å². The van der Waals surface area contributed by atoms with Gasteiger partial charge in [-0.15, -0.1) is 0 Å². The fourth-order valence-corrected chi connectivity index (χ4v) is 6.57. The molecule has 7 rings (SSSR count). The number of benzene rings is 2. The highest BCUT2D eigenvalue weighted by Gasteiger charge is 2.56. The Morgan fingerprint density at radius 2 is 1.74 bits per heavy atom. The first-order valence-electron chi connectivity index (χ1n) is 12.0. The lowest BCUT2D eigenvalue weighted by Gasteiger charge is -2.38. The van der Waals surface area contributed by atoms with Crippen LogP contribution >= 0.6 is 11.3 Å². The number of amides is 3. The van der Waals surface area contributed by atoms with Crippen LogP contribution in [0.1, 0.15) is 25.3 Å². The summed E-state index contributed by atoms with van der Waals surface area (Å²) in [6.07, 6.45) is 6.36. The Morgan fingerprint density at radius 1 is 1.06 bits per heavy atom. The van der Waals surface area contributed by atoms with Crippen molar-refractivity contribution in [3.8, 4) is 5.75 Å². The number of thiazole rings is 1. The van der Waals surface area contributed by atoms with Gasteiger partial charge in [0, 0.05) is 0 Å². The molecule has 2 heterocycles. The van der Waals surface area contributed by atoms with Crippen LogP contribution in [0.5, 0.6) is 5.75 Å². The van der Waals surface area contributed by atoms with E-state index in [0.717, 1.165) is 34.4 Å². The van der Waals surface area contributed by atoms with Crippen LogP contribution in [0.4, 0.5) is 10.8 Å². The molecule has 35 heavy (non-hydrogen) atoms. The molecular formula is C27H25N3O4S. The lowest BCUT2D eigenvalue weighted by molar-refractivity contribution is -0.124. The van der Waals surface area contributed by atoms with E-state index < -0.39 is 0 Å². The number of nitrogens with zero attached hydrogens (tertiary/aromatic N) is 2. The lowest BCUT2D eigenvalue weighted by atomic mass is 9.63. The molecule has 4 unspecified atom stereocenters. The Labute approximate surface area is 206 Å². The topological polar surface area (TPSA) is 88.6 Å². The second kappa shape index (κ2) is 8.61. The quantitative estimate of drug-likeness (QED) is 0.406. The highest BCUT2D eigenvalue weighted by Crippen LogP contribution is 2.50. The number of anilines is 2. The molecule has 4 atom stereocenters. The molecule has 1 saturated heterocycles. The maximum absolute atomic E-state index is 13.1. The van der Waals surface area contributed by atoms with Crippen molar-refractivity contribution >= 4 is 50.1 Å². The summed E-state index contributed by atoms with van der Waals surface area (Å²) in [7, 11) is 0. The average molecular weight is 488 g/mol. The van der Waals surface area contributed by atoms with Crippen molar-refractivity contribution in [1.29, 1.82) is 0 Å². The minimum atomic E-state index is -0.227. The van der Waals surface area contributed by atoms with Crippen LogP contribution in [0.15, 0.2) is 54.6 Å². The Kier molecular flexibility index (Phi) is 5.40. The van der Waals surface area contributed by atoms with Crippen LogP contribution in [0, 0.1) is 23.7 Å². The molecule has 4 aliphatic rings. The summed E-state index contributed by atoms with van der Waals surface area (Å²) < 4.78 is 6.47. The molecule has 1 N–H and O–H groups in total. The normalized spacial score (nSPS) is 24.8. The number of carbonyl (C=O) groups excluding carboxylic acids is 3. The number of nitrogens with one attached hydrogen (secondary N) is 1. The third kappa shape index (κ3) is 3.82. The van der Waals surface area contributed by atoms with Gasteiger partial charge in [0.1, 0.15) is 5.75 Å². The number of fused-ring (bicyclic) bond motifs is 2. The van der Waals surface area contributed by atoms with Crippen molar-refractivity contribution in [2.75, 3.05) is 16.8 Å². The number of imide groups is 1. The van der Waals surface area contributed by atoms with Crippen LogP contribution in [-0.4, -0.2) is 29.3 Å². The summed E-state index contributed by atoms with van der Waals surface area (Å²) in [6, 6.07) is 12.8. The van der Waals surface area contributed by atoms with Crippen molar-refractivity contribution in [1.82, 2.24) is 4.98 Å².